The lowest BCUT2D eigenvalue weighted by atomic mass is 9.92. The van der Waals surface area contributed by atoms with Crippen LogP contribution in [0.2, 0.25) is 0 Å². The van der Waals surface area contributed by atoms with Crippen molar-refractivity contribution in [1.29, 1.82) is 0 Å². The summed E-state index contributed by atoms with van der Waals surface area (Å²) in [6.07, 6.45) is 0.992. The number of hydrogen-bond donors (Lipinski definition) is 1. The van der Waals surface area contributed by atoms with Gasteiger partial charge in [0.1, 0.15) is 13.2 Å². The van der Waals surface area contributed by atoms with Crippen LogP contribution in [0.15, 0.2) is 18.2 Å². The van der Waals surface area contributed by atoms with Crippen molar-refractivity contribution in [3.8, 4) is 11.5 Å². The zero-order chi connectivity index (χ0) is 17.1. The number of benzene rings is 1. The normalized spacial score (nSPS) is 23.4. The molecule has 1 aromatic rings. The summed E-state index contributed by atoms with van der Waals surface area (Å²) in [7, 11) is 0. The highest BCUT2D eigenvalue weighted by atomic mass is 16.6. The van der Waals surface area contributed by atoms with E-state index in [1.54, 1.807) is 0 Å². The minimum absolute atomic E-state index is 0.0784. The maximum Gasteiger partial charge on any atom is 0.225 e. The summed E-state index contributed by atoms with van der Waals surface area (Å²) in [5, 5.41) is 3.65. The molecule has 0 unspecified atom stereocenters. The number of para-hydroxylation sites is 1. The average molecular weight is 332 g/mol. The first-order valence-electron chi connectivity index (χ1n) is 8.96. The summed E-state index contributed by atoms with van der Waals surface area (Å²) in [6.45, 7) is 9.82. The smallest absolute Gasteiger partial charge is 0.225 e. The van der Waals surface area contributed by atoms with Crippen molar-refractivity contribution in [2.45, 2.75) is 39.8 Å². The van der Waals surface area contributed by atoms with Crippen molar-refractivity contribution in [1.82, 2.24) is 10.2 Å². The maximum atomic E-state index is 12.2. The molecule has 1 fully saturated rings. The van der Waals surface area contributed by atoms with Crippen molar-refractivity contribution >= 4 is 5.91 Å². The Morgan fingerprint density at radius 1 is 1.33 bits per heavy atom. The Kier molecular flexibility index (Phi) is 5.29. The van der Waals surface area contributed by atoms with Crippen molar-refractivity contribution in [3.05, 3.63) is 23.8 Å². The minimum atomic E-state index is 0.0784. The molecule has 132 valence electrons. The number of ether oxygens (including phenoxy) is 2. The predicted octanol–water partition coefficient (Wildman–Crippen LogP) is 2.44. The first kappa shape index (κ1) is 17.1. The molecule has 1 aromatic carbocycles. The van der Waals surface area contributed by atoms with Gasteiger partial charge in [-0.1, -0.05) is 32.9 Å². The third-order valence-corrected chi connectivity index (χ3v) is 4.91. The SMILES string of the molecule is CC(C)C(=O)N1CC[C@H](NCc2cccc3c2OCCO3)[C@@H](C)C1. The molecular formula is C19H28N2O3. The molecule has 2 atom stereocenters. The van der Waals surface area contributed by atoms with Crippen molar-refractivity contribution in [2.75, 3.05) is 26.3 Å². The van der Waals surface area contributed by atoms with Crippen molar-refractivity contribution in [2.24, 2.45) is 11.8 Å². The van der Waals surface area contributed by atoms with Crippen LogP contribution in [0.3, 0.4) is 0 Å². The van der Waals surface area contributed by atoms with Crippen LogP contribution in [0.25, 0.3) is 0 Å². The third kappa shape index (κ3) is 3.66. The lowest BCUT2D eigenvalue weighted by Crippen LogP contribution is -2.50. The van der Waals surface area contributed by atoms with Gasteiger partial charge in [0.05, 0.1) is 0 Å². The summed E-state index contributed by atoms with van der Waals surface area (Å²) in [6, 6.07) is 6.47. The van der Waals surface area contributed by atoms with Crippen LogP contribution in [-0.4, -0.2) is 43.2 Å². The van der Waals surface area contributed by atoms with Crippen LogP contribution < -0.4 is 14.8 Å². The van der Waals surface area contributed by atoms with Crippen LogP contribution in [-0.2, 0) is 11.3 Å². The van der Waals surface area contributed by atoms with Gasteiger partial charge in [-0.3, -0.25) is 4.79 Å². The van der Waals surface area contributed by atoms with Crippen LogP contribution >= 0.6 is 0 Å². The molecular weight excluding hydrogens is 304 g/mol. The van der Waals surface area contributed by atoms with Gasteiger partial charge in [-0.05, 0) is 18.4 Å². The lowest BCUT2D eigenvalue weighted by Gasteiger charge is -2.38. The Morgan fingerprint density at radius 3 is 2.88 bits per heavy atom. The second kappa shape index (κ2) is 7.43. The molecule has 0 spiro atoms. The number of likely N-dealkylation sites (tertiary alicyclic amines) is 1. The molecule has 0 saturated carbocycles. The molecule has 5 nitrogen and oxygen atoms in total. The van der Waals surface area contributed by atoms with Gasteiger partial charge in [0.2, 0.25) is 5.91 Å². The summed E-state index contributed by atoms with van der Waals surface area (Å²) >= 11 is 0. The van der Waals surface area contributed by atoms with E-state index in [9.17, 15) is 4.79 Å². The highest BCUT2D eigenvalue weighted by Gasteiger charge is 2.29. The second-order valence-corrected chi connectivity index (χ2v) is 7.13. The molecule has 1 amide bonds. The quantitative estimate of drug-likeness (QED) is 0.920. The molecule has 24 heavy (non-hydrogen) atoms. The fourth-order valence-electron chi connectivity index (χ4n) is 3.53. The van der Waals surface area contributed by atoms with Gasteiger partial charge < -0.3 is 19.7 Å². The molecule has 2 aliphatic heterocycles. The molecule has 0 aliphatic carbocycles. The van der Waals surface area contributed by atoms with E-state index in [0.717, 1.165) is 43.1 Å². The van der Waals surface area contributed by atoms with Gasteiger partial charge in [-0.2, -0.15) is 0 Å². The molecule has 0 radical (unpaired) electrons. The lowest BCUT2D eigenvalue weighted by molar-refractivity contribution is -0.136. The number of piperidine rings is 1. The fraction of sp³-hybridized carbons (Fsp3) is 0.632. The third-order valence-electron chi connectivity index (χ3n) is 4.91. The Bertz CT molecular complexity index is 588. The first-order chi connectivity index (χ1) is 11.6. The number of hydrogen-bond acceptors (Lipinski definition) is 4. The van der Waals surface area contributed by atoms with Gasteiger partial charge in [-0.25, -0.2) is 0 Å². The van der Waals surface area contributed by atoms with Gasteiger partial charge in [0, 0.05) is 37.2 Å². The molecule has 5 heteroatoms. The molecule has 1 saturated heterocycles. The number of nitrogens with one attached hydrogen (secondary N) is 1. The van der Waals surface area contributed by atoms with Crippen LogP contribution in [0, 0.1) is 11.8 Å². The van der Waals surface area contributed by atoms with E-state index in [0.29, 0.717) is 25.2 Å². The molecule has 1 N–H and O–H groups in total. The van der Waals surface area contributed by atoms with E-state index in [1.807, 2.05) is 30.9 Å². The second-order valence-electron chi connectivity index (χ2n) is 7.13. The zero-order valence-electron chi connectivity index (χ0n) is 14.9. The molecule has 0 aromatic heterocycles. The van der Waals surface area contributed by atoms with E-state index in [2.05, 4.69) is 18.3 Å². The number of carbonyl (C=O) groups is 1. The van der Waals surface area contributed by atoms with Gasteiger partial charge in [0.25, 0.3) is 0 Å². The zero-order valence-corrected chi connectivity index (χ0v) is 14.9. The largest absolute Gasteiger partial charge is 0.486 e. The maximum absolute atomic E-state index is 12.2. The number of nitrogens with zero attached hydrogens (tertiary/aromatic N) is 1. The van der Waals surface area contributed by atoms with E-state index in [1.165, 1.54) is 0 Å². The minimum Gasteiger partial charge on any atom is -0.486 e. The van der Waals surface area contributed by atoms with Crippen molar-refractivity contribution in [3.63, 3.8) is 0 Å². The topological polar surface area (TPSA) is 50.8 Å². The van der Waals surface area contributed by atoms with Gasteiger partial charge in [0.15, 0.2) is 11.5 Å². The number of rotatable bonds is 4. The molecule has 0 bridgehead atoms. The first-order valence-corrected chi connectivity index (χ1v) is 8.96. The van der Waals surface area contributed by atoms with Gasteiger partial charge in [-0.15, -0.1) is 0 Å². The number of amides is 1. The number of fused-ring (bicyclic) bond motifs is 1. The van der Waals surface area contributed by atoms with E-state index < -0.39 is 0 Å². The van der Waals surface area contributed by atoms with Gasteiger partial charge >= 0.3 is 0 Å². The monoisotopic (exact) mass is 332 g/mol. The summed E-state index contributed by atoms with van der Waals surface area (Å²) in [5.41, 5.74) is 1.14. The summed E-state index contributed by atoms with van der Waals surface area (Å²) < 4.78 is 11.4. The van der Waals surface area contributed by atoms with E-state index in [4.69, 9.17) is 9.47 Å². The highest BCUT2D eigenvalue weighted by Crippen LogP contribution is 2.33. The van der Waals surface area contributed by atoms with Crippen LogP contribution in [0.5, 0.6) is 11.5 Å². The number of carbonyl (C=O) groups excluding carboxylic acids is 1. The Balaban J connectivity index is 1.57. The average Bonchev–Trinajstić information content (AvgIpc) is 2.60. The summed E-state index contributed by atoms with van der Waals surface area (Å²) in [5.74, 6) is 2.50. The van der Waals surface area contributed by atoms with Crippen LogP contribution in [0.1, 0.15) is 32.8 Å². The highest BCUT2D eigenvalue weighted by molar-refractivity contribution is 5.78. The molecule has 2 aliphatic rings. The van der Waals surface area contributed by atoms with Crippen LogP contribution in [0.4, 0.5) is 0 Å². The Morgan fingerprint density at radius 2 is 2.12 bits per heavy atom. The predicted molar refractivity (Wildman–Crippen MR) is 93.3 cm³/mol. The van der Waals surface area contributed by atoms with E-state index >= 15 is 0 Å². The molecule has 3 rings (SSSR count). The Labute approximate surface area is 144 Å². The van der Waals surface area contributed by atoms with E-state index in [-0.39, 0.29) is 11.8 Å². The Hall–Kier alpha value is -1.75. The fourth-order valence-corrected chi connectivity index (χ4v) is 3.53. The molecule has 2 heterocycles. The van der Waals surface area contributed by atoms with Crippen molar-refractivity contribution < 1.29 is 14.3 Å². The summed E-state index contributed by atoms with van der Waals surface area (Å²) in [4.78, 5) is 14.2. The standard InChI is InChI=1S/C19H28N2O3/c1-13(2)19(22)21-8-7-16(14(3)12-21)20-11-15-5-4-6-17-18(15)24-10-9-23-17/h4-6,13-14,16,20H,7-12H2,1-3H3/t14-,16-/m0/s1.